The number of ether oxygens (including phenoxy) is 1. The molecule has 0 aromatic heterocycles. The summed E-state index contributed by atoms with van der Waals surface area (Å²) in [5.74, 6) is 0. The molecule has 0 aliphatic carbocycles. The lowest BCUT2D eigenvalue weighted by atomic mass is 10.2. The maximum absolute atomic E-state index is 10.7. The van der Waals surface area contributed by atoms with E-state index in [1.807, 2.05) is 0 Å². The van der Waals surface area contributed by atoms with Crippen molar-refractivity contribution >= 4 is 6.09 Å². The highest BCUT2D eigenvalue weighted by Crippen LogP contribution is 2.05. The first-order valence-electron chi connectivity index (χ1n) is 3.24. The van der Waals surface area contributed by atoms with Gasteiger partial charge in [-0.3, -0.25) is 5.32 Å². The molecule has 2 N–H and O–H groups in total. The molecule has 11 heavy (non-hydrogen) atoms. The fraction of sp³-hybridized carbons (Fsp3) is 0.571. The van der Waals surface area contributed by atoms with Gasteiger partial charge >= 0.3 is 6.09 Å². The Bertz CT molecular complexity index is 158. The van der Waals surface area contributed by atoms with Gasteiger partial charge in [-0.05, 0) is 20.8 Å². The molecule has 1 amide bonds. The summed E-state index contributed by atoms with van der Waals surface area (Å²) in [6.07, 6.45) is 1.24. The van der Waals surface area contributed by atoms with Gasteiger partial charge < -0.3 is 9.84 Å². The van der Waals surface area contributed by atoms with Crippen LogP contribution in [0.25, 0.3) is 0 Å². The monoisotopic (exact) mass is 159 g/mol. The number of alkyl carbamates (subject to hydrolysis) is 1. The molecule has 0 rings (SSSR count). The Morgan fingerprint density at radius 1 is 1.55 bits per heavy atom. The van der Waals surface area contributed by atoms with Gasteiger partial charge in [-0.15, -0.1) is 0 Å². The van der Waals surface area contributed by atoms with Crippen molar-refractivity contribution < 1.29 is 14.6 Å². The zero-order valence-electron chi connectivity index (χ0n) is 6.92. The lowest BCUT2D eigenvalue weighted by Crippen LogP contribution is -2.29. The number of aliphatic hydroxyl groups excluding tert-OH is 1. The molecule has 64 valence electrons. The fourth-order valence-corrected chi connectivity index (χ4v) is 0.413. The molecule has 4 heteroatoms. The van der Waals surface area contributed by atoms with Crippen molar-refractivity contribution in [3.8, 4) is 0 Å². The Morgan fingerprint density at radius 3 is 2.45 bits per heavy atom. The van der Waals surface area contributed by atoms with Crippen molar-refractivity contribution in [2.45, 2.75) is 26.4 Å². The van der Waals surface area contributed by atoms with Crippen molar-refractivity contribution in [1.29, 1.82) is 0 Å². The SMILES string of the molecule is CC(C)(C)OC(=O)N/C=C/O. The molecule has 0 radical (unpaired) electrons. The molecule has 0 fully saturated rings. The van der Waals surface area contributed by atoms with E-state index in [-0.39, 0.29) is 0 Å². The number of carbonyl (C=O) groups excluding carboxylic acids is 1. The van der Waals surface area contributed by atoms with Crippen LogP contribution in [0.4, 0.5) is 4.79 Å². The Labute approximate surface area is 65.9 Å². The largest absolute Gasteiger partial charge is 0.514 e. The standard InChI is InChI=1S/C7H13NO3/c1-7(2,3)11-6(10)8-4-5-9/h4-5,9H,1-3H3,(H,8,10)/b5-4+. The third-order valence-electron chi connectivity index (χ3n) is 0.675. The lowest BCUT2D eigenvalue weighted by Gasteiger charge is -2.18. The second kappa shape index (κ2) is 3.85. The van der Waals surface area contributed by atoms with Crippen LogP contribution < -0.4 is 5.32 Å². The molecule has 0 atom stereocenters. The van der Waals surface area contributed by atoms with Gasteiger partial charge in [0.15, 0.2) is 0 Å². The third kappa shape index (κ3) is 6.70. The van der Waals surface area contributed by atoms with E-state index >= 15 is 0 Å². The molecule has 0 saturated carbocycles. The van der Waals surface area contributed by atoms with E-state index in [1.54, 1.807) is 20.8 Å². The predicted molar refractivity (Wildman–Crippen MR) is 41.1 cm³/mol. The molecule has 0 aromatic carbocycles. The van der Waals surface area contributed by atoms with Crippen molar-refractivity contribution in [2.24, 2.45) is 0 Å². The van der Waals surface area contributed by atoms with E-state index in [0.717, 1.165) is 12.5 Å². The topological polar surface area (TPSA) is 58.6 Å². The highest BCUT2D eigenvalue weighted by atomic mass is 16.6. The number of amides is 1. The maximum Gasteiger partial charge on any atom is 0.411 e. The smallest absolute Gasteiger partial charge is 0.411 e. The second-order valence-electron chi connectivity index (χ2n) is 2.96. The van der Waals surface area contributed by atoms with Gasteiger partial charge in [0.1, 0.15) is 5.60 Å². The Balaban J connectivity index is 3.70. The maximum atomic E-state index is 10.7. The van der Waals surface area contributed by atoms with Crippen LogP contribution in [0.3, 0.4) is 0 Å². The number of aliphatic hydroxyl groups is 1. The Kier molecular flexibility index (Phi) is 3.44. The molecule has 0 bridgehead atoms. The number of carbonyl (C=O) groups is 1. The van der Waals surface area contributed by atoms with Gasteiger partial charge in [0, 0.05) is 6.20 Å². The predicted octanol–water partition coefficient (Wildman–Crippen LogP) is 1.54. The molecule has 0 saturated heterocycles. The number of rotatable bonds is 1. The van der Waals surface area contributed by atoms with E-state index in [0.29, 0.717) is 0 Å². The summed E-state index contributed by atoms with van der Waals surface area (Å²) in [5.41, 5.74) is -0.507. The summed E-state index contributed by atoms with van der Waals surface area (Å²) in [5, 5.41) is 10.4. The minimum atomic E-state index is -0.581. The van der Waals surface area contributed by atoms with Crippen LogP contribution in [-0.2, 0) is 4.74 Å². The normalized spacial score (nSPS) is 11.5. The van der Waals surface area contributed by atoms with Crippen LogP contribution in [-0.4, -0.2) is 16.8 Å². The molecule has 0 unspecified atom stereocenters. The first kappa shape index (κ1) is 9.81. The average Bonchev–Trinajstić information content (AvgIpc) is 1.79. The van der Waals surface area contributed by atoms with Gasteiger partial charge in [-0.1, -0.05) is 0 Å². The van der Waals surface area contributed by atoms with Crippen molar-refractivity contribution in [2.75, 3.05) is 0 Å². The van der Waals surface area contributed by atoms with Crippen LogP contribution >= 0.6 is 0 Å². The second-order valence-corrected chi connectivity index (χ2v) is 2.96. The van der Waals surface area contributed by atoms with Crippen LogP contribution in [0.2, 0.25) is 0 Å². The Hall–Kier alpha value is -1.19. The highest BCUT2D eigenvalue weighted by Gasteiger charge is 2.14. The summed E-state index contributed by atoms with van der Waals surface area (Å²) < 4.78 is 4.83. The summed E-state index contributed by atoms with van der Waals surface area (Å²) in [7, 11) is 0. The molecular formula is C7H13NO3. The molecule has 0 aliphatic heterocycles. The van der Waals surface area contributed by atoms with Crippen LogP contribution in [0.5, 0.6) is 0 Å². The number of hydrogen-bond donors (Lipinski definition) is 2. The molecule has 0 aliphatic rings. The molecule has 0 heterocycles. The zero-order valence-corrected chi connectivity index (χ0v) is 6.92. The number of hydrogen-bond acceptors (Lipinski definition) is 3. The van der Waals surface area contributed by atoms with E-state index in [4.69, 9.17) is 9.84 Å². The van der Waals surface area contributed by atoms with Crippen LogP contribution in [0, 0.1) is 0 Å². The zero-order chi connectivity index (χ0) is 8.91. The molecule has 4 nitrogen and oxygen atoms in total. The first-order valence-corrected chi connectivity index (χ1v) is 3.24. The van der Waals surface area contributed by atoms with Gasteiger partial charge in [0.05, 0.1) is 6.26 Å². The van der Waals surface area contributed by atoms with Crippen LogP contribution in [0.15, 0.2) is 12.5 Å². The van der Waals surface area contributed by atoms with E-state index < -0.39 is 11.7 Å². The first-order chi connectivity index (χ1) is 4.95. The summed E-state index contributed by atoms with van der Waals surface area (Å²) >= 11 is 0. The van der Waals surface area contributed by atoms with Crippen molar-refractivity contribution in [3.05, 3.63) is 12.5 Å². The average molecular weight is 159 g/mol. The minimum Gasteiger partial charge on any atom is -0.514 e. The molecule has 0 spiro atoms. The van der Waals surface area contributed by atoms with Crippen molar-refractivity contribution in [1.82, 2.24) is 5.32 Å². The number of nitrogens with one attached hydrogen (secondary N) is 1. The van der Waals surface area contributed by atoms with Gasteiger partial charge in [-0.25, -0.2) is 4.79 Å². The van der Waals surface area contributed by atoms with Crippen molar-refractivity contribution in [3.63, 3.8) is 0 Å². The summed E-state index contributed by atoms with van der Waals surface area (Å²) in [6.45, 7) is 5.28. The Morgan fingerprint density at radius 2 is 2.09 bits per heavy atom. The summed E-state index contributed by atoms with van der Waals surface area (Å²) in [6, 6.07) is 0. The molecular weight excluding hydrogens is 146 g/mol. The molecule has 0 aromatic rings. The van der Waals surface area contributed by atoms with E-state index in [2.05, 4.69) is 5.32 Å². The van der Waals surface area contributed by atoms with Gasteiger partial charge in [0.25, 0.3) is 0 Å². The quantitative estimate of drug-likeness (QED) is 0.570. The third-order valence-corrected chi connectivity index (χ3v) is 0.675. The summed E-state index contributed by atoms with van der Waals surface area (Å²) in [4.78, 5) is 10.7. The fourth-order valence-electron chi connectivity index (χ4n) is 0.413. The minimum absolute atomic E-state index is 0.507. The van der Waals surface area contributed by atoms with Gasteiger partial charge in [0.2, 0.25) is 0 Å². The van der Waals surface area contributed by atoms with Crippen LogP contribution in [0.1, 0.15) is 20.8 Å². The van der Waals surface area contributed by atoms with E-state index in [1.165, 1.54) is 0 Å². The van der Waals surface area contributed by atoms with E-state index in [9.17, 15) is 4.79 Å². The lowest BCUT2D eigenvalue weighted by molar-refractivity contribution is 0.0551. The highest BCUT2D eigenvalue weighted by molar-refractivity contribution is 5.68. The van der Waals surface area contributed by atoms with Gasteiger partial charge in [-0.2, -0.15) is 0 Å².